The van der Waals surface area contributed by atoms with Crippen molar-refractivity contribution in [2.45, 2.75) is 155 Å². The van der Waals surface area contributed by atoms with E-state index >= 15 is 0 Å². The van der Waals surface area contributed by atoms with Gasteiger partial charge in [-0.2, -0.15) is 0 Å². The van der Waals surface area contributed by atoms with Crippen LogP contribution in [0, 0.1) is 0 Å². The molecule has 0 aliphatic carbocycles. The van der Waals surface area contributed by atoms with E-state index in [0.717, 1.165) is 0 Å². The second-order valence-electron chi connectivity index (χ2n) is 9.67. The van der Waals surface area contributed by atoms with Crippen molar-refractivity contribution in [1.82, 2.24) is 0 Å². The van der Waals surface area contributed by atoms with Gasteiger partial charge in [-0.3, -0.25) is 0 Å². The van der Waals surface area contributed by atoms with Gasteiger partial charge in [-0.1, -0.05) is 155 Å². The summed E-state index contributed by atoms with van der Waals surface area (Å²) in [6.07, 6.45) is 28.1. The van der Waals surface area contributed by atoms with Crippen LogP contribution in [0.4, 0.5) is 0 Å². The average molecular weight is 369 g/mol. The predicted octanol–water partition coefficient (Wildman–Crippen LogP) is 9.76. The first-order valence-corrected chi connectivity index (χ1v) is 15.8. The molecule has 0 saturated heterocycles. The van der Waals surface area contributed by atoms with Crippen molar-refractivity contribution in [2.75, 3.05) is 0 Å². The zero-order chi connectivity index (χ0) is 18.6. The zero-order valence-corrected chi connectivity index (χ0v) is 19.6. The summed E-state index contributed by atoms with van der Waals surface area (Å²) in [6.45, 7) is 9.81. The lowest BCUT2D eigenvalue weighted by Crippen LogP contribution is -2.18. The van der Waals surface area contributed by atoms with Gasteiger partial charge >= 0.3 is 0 Å². The van der Waals surface area contributed by atoms with E-state index in [0.29, 0.717) is 0 Å². The summed E-state index contributed by atoms with van der Waals surface area (Å²) in [5, 5.41) is 0. The molecule has 0 atom stereocenters. The molecule has 0 bridgehead atoms. The molecule has 0 spiro atoms. The Balaban J connectivity index is 3.01. The fraction of sp³-hybridized carbons (Fsp3) is 1.00. The highest BCUT2D eigenvalue weighted by molar-refractivity contribution is 6.76. The second-order valence-corrected chi connectivity index (χ2v) is 15.3. The predicted molar refractivity (Wildman–Crippen MR) is 122 cm³/mol. The van der Waals surface area contributed by atoms with Crippen LogP contribution in [0.15, 0.2) is 0 Å². The summed E-state index contributed by atoms with van der Waals surface area (Å²) < 4.78 is 0. The molecule has 0 rings (SSSR count). The average Bonchev–Trinajstić information content (AvgIpc) is 2.56. The first-order valence-electron chi connectivity index (χ1n) is 12.1. The van der Waals surface area contributed by atoms with Crippen LogP contribution in [0.5, 0.6) is 0 Å². The standard InChI is InChI=1S/C24H52Si/c1-5-6-7-8-9-10-11-12-13-14-15-16-17-18-19-20-21-22-23-24-25(2,3)4/h5-24H2,1-4H3. The lowest BCUT2D eigenvalue weighted by Gasteiger charge is -2.14. The third kappa shape index (κ3) is 24.2. The van der Waals surface area contributed by atoms with E-state index in [1.54, 1.807) is 0 Å². The van der Waals surface area contributed by atoms with Crippen molar-refractivity contribution in [3.05, 3.63) is 0 Å². The van der Waals surface area contributed by atoms with E-state index in [-0.39, 0.29) is 0 Å². The molecule has 0 unspecified atom stereocenters. The van der Waals surface area contributed by atoms with Crippen LogP contribution in [0.25, 0.3) is 0 Å². The Labute approximate surface area is 163 Å². The fourth-order valence-electron chi connectivity index (χ4n) is 3.73. The van der Waals surface area contributed by atoms with Crippen LogP contribution in [0.1, 0.15) is 129 Å². The molecule has 0 amide bonds. The summed E-state index contributed by atoms with van der Waals surface area (Å²) in [7, 11) is -0.769. The van der Waals surface area contributed by atoms with Gasteiger partial charge in [0.1, 0.15) is 0 Å². The Kier molecular flexibility index (Phi) is 19.2. The number of hydrogen-bond acceptors (Lipinski definition) is 0. The molecule has 0 heterocycles. The van der Waals surface area contributed by atoms with E-state index in [4.69, 9.17) is 0 Å². The maximum absolute atomic E-state index is 2.50. The fourth-order valence-corrected chi connectivity index (χ4v) is 5.04. The van der Waals surface area contributed by atoms with Crippen LogP contribution in [0.3, 0.4) is 0 Å². The van der Waals surface area contributed by atoms with Gasteiger partial charge in [-0.15, -0.1) is 0 Å². The maximum atomic E-state index is 2.50. The van der Waals surface area contributed by atoms with Crippen molar-refractivity contribution in [1.29, 1.82) is 0 Å². The van der Waals surface area contributed by atoms with Gasteiger partial charge in [-0.25, -0.2) is 0 Å². The monoisotopic (exact) mass is 368 g/mol. The molecule has 0 fully saturated rings. The lowest BCUT2D eigenvalue weighted by molar-refractivity contribution is 0.524. The highest BCUT2D eigenvalue weighted by Crippen LogP contribution is 2.17. The molecule has 0 aromatic carbocycles. The summed E-state index contributed by atoms with van der Waals surface area (Å²) in [5.74, 6) is 0. The molecule has 1 heteroatoms. The summed E-state index contributed by atoms with van der Waals surface area (Å²) in [4.78, 5) is 0. The smallest absolute Gasteiger partial charge is 0.0442 e. The Bertz CT molecular complexity index is 241. The number of hydrogen-bond donors (Lipinski definition) is 0. The molecule has 0 aromatic rings. The van der Waals surface area contributed by atoms with Gasteiger partial charge in [0.15, 0.2) is 0 Å². The maximum Gasteiger partial charge on any atom is 0.0442 e. The summed E-state index contributed by atoms with van der Waals surface area (Å²) >= 11 is 0. The minimum atomic E-state index is -0.769. The van der Waals surface area contributed by atoms with E-state index in [1.807, 2.05) is 0 Å². The first kappa shape index (κ1) is 25.2. The van der Waals surface area contributed by atoms with Crippen molar-refractivity contribution < 1.29 is 0 Å². The molecule has 25 heavy (non-hydrogen) atoms. The highest BCUT2D eigenvalue weighted by Gasteiger charge is 2.11. The molecular weight excluding hydrogens is 316 g/mol. The highest BCUT2D eigenvalue weighted by atomic mass is 28.3. The minimum absolute atomic E-state index is 0.769. The molecule has 0 radical (unpaired) electrons. The molecule has 0 aliphatic heterocycles. The van der Waals surface area contributed by atoms with Gasteiger partial charge < -0.3 is 0 Å². The van der Waals surface area contributed by atoms with Gasteiger partial charge in [0.2, 0.25) is 0 Å². The topological polar surface area (TPSA) is 0 Å². The Morgan fingerprint density at radius 1 is 0.360 bits per heavy atom. The van der Waals surface area contributed by atoms with Crippen molar-refractivity contribution in [3.63, 3.8) is 0 Å². The summed E-state index contributed by atoms with van der Waals surface area (Å²) in [5.41, 5.74) is 0. The first-order chi connectivity index (χ1) is 12.1. The van der Waals surface area contributed by atoms with Gasteiger partial charge in [0, 0.05) is 8.07 Å². The zero-order valence-electron chi connectivity index (χ0n) is 18.6. The Morgan fingerprint density at radius 2 is 0.600 bits per heavy atom. The lowest BCUT2D eigenvalue weighted by atomic mass is 10.0. The van der Waals surface area contributed by atoms with Gasteiger partial charge in [0.05, 0.1) is 0 Å². The molecule has 152 valence electrons. The summed E-state index contributed by atoms with van der Waals surface area (Å²) in [6, 6.07) is 1.53. The molecule has 0 saturated carbocycles. The van der Waals surface area contributed by atoms with Crippen molar-refractivity contribution in [3.8, 4) is 0 Å². The largest absolute Gasteiger partial charge is 0.0695 e. The number of unbranched alkanes of at least 4 members (excludes halogenated alkanes) is 18. The van der Waals surface area contributed by atoms with E-state index < -0.39 is 8.07 Å². The number of rotatable bonds is 20. The molecular formula is C24H52Si. The van der Waals surface area contributed by atoms with E-state index in [2.05, 4.69) is 26.6 Å². The van der Waals surface area contributed by atoms with Crippen LogP contribution in [0.2, 0.25) is 25.7 Å². The Morgan fingerprint density at radius 3 is 0.840 bits per heavy atom. The quantitative estimate of drug-likeness (QED) is 0.148. The second kappa shape index (κ2) is 19.0. The van der Waals surface area contributed by atoms with Crippen LogP contribution < -0.4 is 0 Å². The third-order valence-electron chi connectivity index (χ3n) is 5.53. The van der Waals surface area contributed by atoms with E-state index in [9.17, 15) is 0 Å². The third-order valence-corrected chi connectivity index (χ3v) is 7.38. The van der Waals surface area contributed by atoms with Gasteiger partial charge in [0.25, 0.3) is 0 Å². The van der Waals surface area contributed by atoms with Crippen LogP contribution in [-0.4, -0.2) is 8.07 Å². The van der Waals surface area contributed by atoms with Crippen LogP contribution >= 0.6 is 0 Å². The van der Waals surface area contributed by atoms with E-state index in [1.165, 1.54) is 128 Å². The molecule has 0 aromatic heterocycles. The SMILES string of the molecule is CCCCCCCCCCCCCCCCCCCCC[Si](C)(C)C. The molecule has 0 N–H and O–H groups in total. The van der Waals surface area contributed by atoms with Crippen LogP contribution in [-0.2, 0) is 0 Å². The molecule has 0 aliphatic rings. The Hall–Kier alpha value is 0.217. The normalized spacial score (nSPS) is 12.0. The molecule has 0 nitrogen and oxygen atoms in total. The van der Waals surface area contributed by atoms with Gasteiger partial charge in [-0.05, 0) is 0 Å². The van der Waals surface area contributed by atoms with Crippen molar-refractivity contribution >= 4 is 8.07 Å². The minimum Gasteiger partial charge on any atom is -0.0695 e. The van der Waals surface area contributed by atoms with Crippen molar-refractivity contribution in [2.24, 2.45) is 0 Å².